The Balaban J connectivity index is 1.43. The highest BCUT2D eigenvalue weighted by atomic mass is 16.5. The number of carbonyl (C=O) groups is 1. The Labute approximate surface area is 238 Å². The van der Waals surface area contributed by atoms with E-state index < -0.39 is 0 Å². The van der Waals surface area contributed by atoms with Gasteiger partial charge in [0.15, 0.2) is 0 Å². The van der Waals surface area contributed by atoms with E-state index in [1.54, 1.807) is 0 Å². The number of nitrogens with one attached hydrogen (secondary N) is 4. The maximum absolute atomic E-state index is 12.3. The summed E-state index contributed by atoms with van der Waals surface area (Å²) in [4.78, 5) is 26.1. The third-order valence-corrected chi connectivity index (χ3v) is 6.42. The topological polar surface area (TPSA) is 148 Å². The van der Waals surface area contributed by atoms with Crippen molar-refractivity contribution in [3.63, 3.8) is 0 Å². The molecule has 11 nitrogen and oxygen atoms in total. The van der Waals surface area contributed by atoms with Gasteiger partial charge >= 0.3 is 0 Å². The van der Waals surface area contributed by atoms with Crippen molar-refractivity contribution in [1.29, 1.82) is 0 Å². The first kappa shape index (κ1) is 31.3. The molecule has 11 heteroatoms. The number of hydrogen-bond donors (Lipinski definition) is 5. The summed E-state index contributed by atoms with van der Waals surface area (Å²) >= 11 is 0. The van der Waals surface area contributed by atoms with Crippen LogP contribution < -0.4 is 27.0 Å². The average Bonchev–Trinajstić information content (AvgIpc) is 2.96. The van der Waals surface area contributed by atoms with Crippen LogP contribution in [-0.2, 0) is 20.7 Å². The highest BCUT2D eigenvalue weighted by Crippen LogP contribution is 2.23. The Morgan fingerprint density at radius 3 is 2.38 bits per heavy atom. The number of nitrogens with zero attached hydrogens (tertiary/aromatic N) is 3. The Bertz CT molecular complexity index is 1020. The van der Waals surface area contributed by atoms with Crippen LogP contribution >= 0.6 is 0 Å². The zero-order valence-electron chi connectivity index (χ0n) is 23.8. The van der Waals surface area contributed by atoms with Gasteiger partial charge in [0.2, 0.25) is 23.8 Å². The fraction of sp³-hybridized carbons (Fsp3) is 0.586. The number of unbranched alkanes of at least 4 members (excludes halogenated alkanes) is 1. The summed E-state index contributed by atoms with van der Waals surface area (Å²) in [5, 5.41) is 13.1. The van der Waals surface area contributed by atoms with Gasteiger partial charge in [-0.2, -0.15) is 15.0 Å². The number of hydrogen-bond acceptors (Lipinski definition) is 10. The normalized spacial score (nSPS) is 14.8. The minimum absolute atomic E-state index is 0.0205. The van der Waals surface area contributed by atoms with Gasteiger partial charge in [-0.1, -0.05) is 55.3 Å². The number of rotatable bonds is 20. The molecule has 1 heterocycles. The SMILES string of the molecule is CCCCNc1nc(NCCc2ccccc2)nc(NC2CC=C(CC(=O)NCCOCCOCCN)CC2)n1. The molecule has 1 aliphatic carbocycles. The lowest BCUT2D eigenvalue weighted by molar-refractivity contribution is -0.120. The molecule has 1 atom stereocenters. The molecule has 0 saturated heterocycles. The van der Waals surface area contributed by atoms with Crippen molar-refractivity contribution in [3.8, 4) is 0 Å². The van der Waals surface area contributed by atoms with Crippen LogP contribution in [0.4, 0.5) is 17.8 Å². The second-order valence-corrected chi connectivity index (χ2v) is 9.77. The third kappa shape index (κ3) is 12.7. The lowest BCUT2D eigenvalue weighted by Crippen LogP contribution is -2.29. The van der Waals surface area contributed by atoms with Gasteiger partial charge in [0, 0.05) is 38.6 Å². The molecular formula is C29H46N8O3. The molecule has 3 rings (SSSR count). The summed E-state index contributed by atoms with van der Waals surface area (Å²) in [6, 6.07) is 10.5. The molecule has 0 aliphatic heterocycles. The van der Waals surface area contributed by atoms with Gasteiger partial charge in [-0.15, -0.1) is 0 Å². The van der Waals surface area contributed by atoms with Crippen molar-refractivity contribution in [2.75, 3.05) is 68.6 Å². The third-order valence-electron chi connectivity index (χ3n) is 6.42. The van der Waals surface area contributed by atoms with Gasteiger partial charge in [-0.05, 0) is 37.7 Å². The zero-order valence-corrected chi connectivity index (χ0v) is 23.8. The first-order valence-electron chi connectivity index (χ1n) is 14.5. The maximum Gasteiger partial charge on any atom is 0.229 e. The van der Waals surface area contributed by atoms with Crippen molar-refractivity contribution in [2.45, 2.75) is 57.9 Å². The molecule has 40 heavy (non-hydrogen) atoms. The van der Waals surface area contributed by atoms with E-state index in [0.717, 1.165) is 57.2 Å². The molecule has 2 aromatic rings. The average molecular weight is 555 g/mol. The van der Waals surface area contributed by atoms with Crippen molar-refractivity contribution in [1.82, 2.24) is 20.3 Å². The summed E-state index contributed by atoms with van der Waals surface area (Å²) in [5.41, 5.74) is 7.79. The first-order valence-corrected chi connectivity index (χ1v) is 14.5. The highest BCUT2D eigenvalue weighted by Gasteiger charge is 2.18. The highest BCUT2D eigenvalue weighted by molar-refractivity contribution is 5.78. The number of nitrogens with two attached hydrogens (primary N) is 1. The number of carbonyl (C=O) groups excluding carboxylic acids is 1. The lowest BCUT2D eigenvalue weighted by Gasteiger charge is -2.23. The molecule has 0 spiro atoms. The van der Waals surface area contributed by atoms with E-state index in [1.807, 2.05) is 18.2 Å². The van der Waals surface area contributed by atoms with E-state index in [4.69, 9.17) is 15.2 Å². The monoisotopic (exact) mass is 554 g/mol. The molecule has 1 aromatic heterocycles. The fourth-order valence-electron chi connectivity index (χ4n) is 4.24. The number of amides is 1. The van der Waals surface area contributed by atoms with E-state index >= 15 is 0 Å². The summed E-state index contributed by atoms with van der Waals surface area (Å²) in [6.07, 6.45) is 8.18. The van der Waals surface area contributed by atoms with Crippen LogP contribution in [0.25, 0.3) is 0 Å². The molecule has 1 unspecified atom stereocenters. The minimum Gasteiger partial charge on any atom is -0.378 e. The fourth-order valence-corrected chi connectivity index (χ4v) is 4.24. The van der Waals surface area contributed by atoms with Crippen LogP contribution in [-0.4, -0.2) is 79.5 Å². The van der Waals surface area contributed by atoms with Crippen molar-refractivity contribution >= 4 is 23.8 Å². The molecule has 0 fully saturated rings. The minimum atomic E-state index is 0.0205. The van der Waals surface area contributed by atoms with E-state index in [9.17, 15) is 4.79 Å². The summed E-state index contributed by atoms with van der Waals surface area (Å²) in [6.45, 7) is 6.71. The standard InChI is InChI=1S/C29H46N8O3/c1-2-3-15-32-27-35-28(33-16-13-23-7-5-4-6-8-23)37-29(36-27)34-25-11-9-24(10-12-25)22-26(38)31-17-19-40-21-20-39-18-14-30/h4-9,25H,2-3,10-22,30H2,1H3,(H,31,38)(H3,32,33,34,35,36,37). The quantitative estimate of drug-likeness (QED) is 0.122. The molecule has 6 N–H and O–H groups in total. The largest absolute Gasteiger partial charge is 0.378 e. The van der Waals surface area contributed by atoms with E-state index in [0.29, 0.717) is 63.8 Å². The second-order valence-electron chi connectivity index (χ2n) is 9.77. The number of ether oxygens (including phenoxy) is 2. The number of benzene rings is 1. The van der Waals surface area contributed by atoms with Crippen LogP contribution in [0.1, 0.15) is 51.0 Å². The number of anilines is 3. The first-order chi connectivity index (χ1) is 19.7. The molecular weight excluding hydrogens is 508 g/mol. The van der Waals surface area contributed by atoms with Crippen LogP contribution in [0, 0.1) is 0 Å². The second kappa shape index (κ2) is 18.9. The Morgan fingerprint density at radius 2 is 1.68 bits per heavy atom. The molecule has 1 aliphatic rings. The van der Waals surface area contributed by atoms with Gasteiger partial charge in [-0.25, -0.2) is 0 Å². The molecule has 0 radical (unpaired) electrons. The summed E-state index contributed by atoms with van der Waals surface area (Å²) < 4.78 is 10.7. The van der Waals surface area contributed by atoms with Crippen LogP contribution in [0.3, 0.4) is 0 Å². The Morgan fingerprint density at radius 1 is 0.950 bits per heavy atom. The smallest absolute Gasteiger partial charge is 0.229 e. The van der Waals surface area contributed by atoms with E-state index in [2.05, 4.69) is 61.4 Å². The predicted octanol–water partition coefficient (Wildman–Crippen LogP) is 3.13. The van der Waals surface area contributed by atoms with Gasteiger partial charge in [-0.3, -0.25) is 4.79 Å². The number of aromatic nitrogens is 3. The Kier molecular flexibility index (Phi) is 14.8. The summed E-state index contributed by atoms with van der Waals surface area (Å²) in [5.74, 6) is 1.71. The summed E-state index contributed by atoms with van der Waals surface area (Å²) in [7, 11) is 0. The molecule has 0 saturated carbocycles. The van der Waals surface area contributed by atoms with Gasteiger partial charge in [0.25, 0.3) is 0 Å². The van der Waals surface area contributed by atoms with E-state index in [-0.39, 0.29) is 11.9 Å². The molecule has 220 valence electrons. The van der Waals surface area contributed by atoms with Crippen LogP contribution in [0.2, 0.25) is 0 Å². The molecule has 1 amide bonds. The maximum atomic E-state index is 12.3. The molecule has 1 aromatic carbocycles. The van der Waals surface area contributed by atoms with Crippen molar-refractivity contribution in [2.24, 2.45) is 5.73 Å². The Hall–Kier alpha value is -3.28. The van der Waals surface area contributed by atoms with Gasteiger partial charge in [0.1, 0.15) is 0 Å². The lowest BCUT2D eigenvalue weighted by atomic mass is 9.93. The van der Waals surface area contributed by atoms with Crippen molar-refractivity contribution in [3.05, 3.63) is 47.5 Å². The van der Waals surface area contributed by atoms with Crippen LogP contribution in [0.15, 0.2) is 42.0 Å². The van der Waals surface area contributed by atoms with Crippen molar-refractivity contribution < 1.29 is 14.3 Å². The van der Waals surface area contributed by atoms with Gasteiger partial charge in [0.05, 0.1) is 26.4 Å². The van der Waals surface area contributed by atoms with E-state index in [1.165, 1.54) is 5.56 Å². The zero-order chi connectivity index (χ0) is 28.3. The van der Waals surface area contributed by atoms with Crippen LogP contribution in [0.5, 0.6) is 0 Å². The predicted molar refractivity (Wildman–Crippen MR) is 160 cm³/mol. The molecule has 0 bridgehead atoms. The van der Waals surface area contributed by atoms with Gasteiger partial charge < -0.3 is 36.5 Å².